The summed E-state index contributed by atoms with van der Waals surface area (Å²) in [5.41, 5.74) is 6.57. The lowest BCUT2D eigenvalue weighted by atomic mass is 10.0. The summed E-state index contributed by atoms with van der Waals surface area (Å²) in [6.07, 6.45) is 3.76. The van der Waals surface area contributed by atoms with Crippen molar-refractivity contribution in [3.05, 3.63) is 35.9 Å². The van der Waals surface area contributed by atoms with Crippen molar-refractivity contribution in [3.8, 4) is 0 Å². The number of aliphatic carboxylic acids is 2. The lowest BCUT2D eigenvalue weighted by Gasteiger charge is -2.29. The zero-order chi connectivity index (χ0) is 30.2. The molecule has 0 aromatic heterocycles. The van der Waals surface area contributed by atoms with E-state index in [0.29, 0.717) is 51.6 Å². The Balaban J connectivity index is 0.00000123. The first-order chi connectivity index (χ1) is 17.9. The Hall–Kier alpha value is -2.71. The van der Waals surface area contributed by atoms with Crippen molar-refractivity contribution >= 4 is 38.6 Å². The summed E-state index contributed by atoms with van der Waals surface area (Å²) < 4.78 is 63.2. The van der Waals surface area contributed by atoms with E-state index in [1.165, 1.54) is 4.90 Å². The highest BCUT2D eigenvalue weighted by Gasteiger charge is 2.38. The number of rotatable bonds is 12. The van der Waals surface area contributed by atoms with Gasteiger partial charge < -0.3 is 20.8 Å². The van der Waals surface area contributed by atoms with E-state index in [0.717, 1.165) is 12.0 Å². The van der Waals surface area contributed by atoms with Crippen LogP contribution in [0.15, 0.2) is 30.3 Å². The van der Waals surface area contributed by atoms with Crippen molar-refractivity contribution in [2.75, 3.05) is 13.1 Å². The molecular formula is C21H35N3O13S2. The number of nitrogens with two attached hydrogens (primary N) is 1. The number of nitrogens with one attached hydrogen (secondary N) is 1. The number of carboxylic acid groups (broad SMARTS) is 2. The van der Waals surface area contributed by atoms with Crippen molar-refractivity contribution in [3.63, 3.8) is 0 Å². The molecule has 0 spiro atoms. The topological polar surface area (TPSA) is 282 Å². The van der Waals surface area contributed by atoms with Crippen LogP contribution in [0, 0.1) is 0 Å². The zero-order valence-corrected chi connectivity index (χ0v) is 22.5. The molecule has 1 aliphatic heterocycles. The zero-order valence-electron chi connectivity index (χ0n) is 20.9. The number of likely N-dealkylation sites (tertiary alicyclic amines) is 1. The standard InChI is InChI=1S/C21H31N3O5.2H2O4S/c22-13-5-4-9-16(19(25)24-14-6-10-18(24)21(28)29)23-17(20(26)27)12-11-15-7-2-1-3-8-15;2*1-5(2,3)4/h1-3,7-8,16-18,23H,4-6,9-14,22H2,(H,26,27)(H,28,29);2*(H2,1,2,3,4)/t16-,17-,18-;;/m0../s1. The minimum Gasteiger partial charge on any atom is -0.480 e. The predicted molar refractivity (Wildman–Crippen MR) is 137 cm³/mol. The first kappa shape index (κ1) is 36.3. The van der Waals surface area contributed by atoms with E-state index in [1.807, 2.05) is 30.3 Å². The van der Waals surface area contributed by atoms with Crippen molar-refractivity contribution in [1.82, 2.24) is 10.2 Å². The molecule has 1 saturated heterocycles. The molecule has 0 bridgehead atoms. The molecule has 18 heteroatoms. The molecule has 1 heterocycles. The summed E-state index contributed by atoms with van der Waals surface area (Å²) in [7, 11) is -9.33. The highest BCUT2D eigenvalue weighted by molar-refractivity contribution is 7.80. The molecule has 0 radical (unpaired) electrons. The highest BCUT2D eigenvalue weighted by Crippen LogP contribution is 2.20. The van der Waals surface area contributed by atoms with Gasteiger partial charge in [-0.15, -0.1) is 0 Å². The Labute approximate surface area is 226 Å². The smallest absolute Gasteiger partial charge is 0.394 e. The fourth-order valence-corrected chi connectivity index (χ4v) is 3.73. The van der Waals surface area contributed by atoms with Gasteiger partial charge >= 0.3 is 32.7 Å². The van der Waals surface area contributed by atoms with Gasteiger partial charge in [-0.1, -0.05) is 36.8 Å². The molecule has 1 aliphatic rings. The van der Waals surface area contributed by atoms with Crippen molar-refractivity contribution in [1.29, 1.82) is 0 Å². The van der Waals surface area contributed by atoms with E-state index in [2.05, 4.69) is 5.32 Å². The van der Waals surface area contributed by atoms with E-state index in [9.17, 15) is 24.6 Å². The van der Waals surface area contributed by atoms with Crippen molar-refractivity contribution in [2.45, 2.75) is 63.1 Å². The minimum absolute atomic E-state index is 0.335. The van der Waals surface area contributed by atoms with Crippen LogP contribution in [0.5, 0.6) is 0 Å². The monoisotopic (exact) mass is 601 g/mol. The third kappa shape index (κ3) is 19.1. The third-order valence-electron chi connectivity index (χ3n) is 5.33. The fraction of sp³-hybridized carbons (Fsp3) is 0.571. The SMILES string of the molecule is NCCCC[C@H](N[C@@H](CCc1ccccc1)C(=O)O)C(=O)N1CCC[C@H]1C(=O)O.O=S(=O)(O)O.O=S(=O)(O)O. The largest absolute Gasteiger partial charge is 0.480 e. The van der Waals surface area contributed by atoms with Crippen LogP contribution in [0.25, 0.3) is 0 Å². The molecule has 1 aromatic rings. The average Bonchev–Trinajstić information content (AvgIpc) is 3.29. The Kier molecular flexibility index (Phi) is 16.6. The summed E-state index contributed by atoms with van der Waals surface area (Å²) in [6, 6.07) is 7.10. The Morgan fingerprint density at radius 2 is 1.46 bits per heavy atom. The van der Waals surface area contributed by atoms with Crippen LogP contribution in [0.1, 0.15) is 44.1 Å². The number of unbranched alkanes of at least 4 members (excludes halogenated alkanes) is 1. The van der Waals surface area contributed by atoms with Gasteiger partial charge in [-0.2, -0.15) is 16.8 Å². The van der Waals surface area contributed by atoms with Gasteiger partial charge in [-0.05, 0) is 50.6 Å². The predicted octanol–water partition coefficient (Wildman–Crippen LogP) is -0.0704. The summed E-state index contributed by atoms with van der Waals surface area (Å²) >= 11 is 0. The third-order valence-corrected chi connectivity index (χ3v) is 5.33. The number of amides is 1. The van der Waals surface area contributed by atoms with Gasteiger partial charge in [0, 0.05) is 6.54 Å². The van der Waals surface area contributed by atoms with Crippen molar-refractivity contribution in [2.24, 2.45) is 5.73 Å². The molecule has 0 aliphatic carbocycles. The summed E-state index contributed by atoms with van der Waals surface area (Å²) in [6.45, 7) is 0.866. The van der Waals surface area contributed by atoms with Gasteiger partial charge in [0.1, 0.15) is 12.1 Å². The highest BCUT2D eigenvalue weighted by atomic mass is 32.3. The quantitative estimate of drug-likeness (QED) is 0.115. The summed E-state index contributed by atoms with van der Waals surface area (Å²) in [5.74, 6) is -2.37. The maximum Gasteiger partial charge on any atom is 0.394 e. The van der Waals surface area contributed by atoms with E-state index in [4.69, 9.17) is 40.8 Å². The normalized spacial score (nSPS) is 16.6. The lowest BCUT2D eigenvalue weighted by Crippen LogP contribution is -2.54. The number of hydrogen-bond donors (Lipinski definition) is 8. The van der Waals surface area contributed by atoms with Crippen LogP contribution >= 0.6 is 0 Å². The van der Waals surface area contributed by atoms with Gasteiger partial charge in [0.2, 0.25) is 5.91 Å². The maximum atomic E-state index is 13.1. The number of aryl methyl sites for hydroxylation is 1. The summed E-state index contributed by atoms with van der Waals surface area (Å²) in [5, 5.41) is 22.0. The summed E-state index contributed by atoms with van der Waals surface area (Å²) in [4.78, 5) is 37.7. The van der Waals surface area contributed by atoms with E-state index in [-0.39, 0.29) is 5.91 Å². The molecule has 3 atom stereocenters. The Morgan fingerprint density at radius 3 is 1.92 bits per heavy atom. The molecule has 9 N–H and O–H groups in total. The van der Waals surface area contributed by atoms with Gasteiger partial charge in [0.15, 0.2) is 0 Å². The molecule has 1 fully saturated rings. The maximum absolute atomic E-state index is 13.1. The minimum atomic E-state index is -4.67. The molecular weight excluding hydrogens is 566 g/mol. The number of hydrogen-bond acceptors (Lipinski definition) is 9. The lowest BCUT2D eigenvalue weighted by molar-refractivity contribution is -0.149. The van der Waals surface area contributed by atoms with Crippen LogP contribution in [0.4, 0.5) is 0 Å². The van der Waals surface area contributed by atoms with Crippen LogP contribution in [0.2, 0.25) is 0 Å². The number of carbonyl (C=O) groups excluding carboxylic acids is 1. The molecule has 39 heavy (non-hydrogen) atoms. The van der Waals surface area contributed by atoms with Gasteiger partial charge in [0.25, 0.3) is 0 Å². The Morgan fingerprint density at radius 1 is 0.923 bits per heavy atom. The second-order valence-electron chi connectivity index (χ2n) is 8.34. The number of benzene rings is 1. The number of carbonyl (C=O) groups is 3. The molecule has 1 amide bonds. The second kappa shape index (κ2) is 17.8. The van der Waals surface area contributed by atoms with E-state index >= 15 is 0 Å². The Bertz CT molecular complexity index is 1070. The first-order valence-electron chi connectivity index (χ1n) is 11.6. The molecule has 2 rings (SSSR count). The number of nitrogens with zero attached hydrogens (tertiary/aromatic N) is 1. The van der Waals surface area contributed by atoms with Gasteiger partial charge in [0.05, 0.1) is 6.04 Å². The molecule has 0 unspecified atom stereocenters. The molecule has 0 saturated carbocycles. The van der Waals surface area contributed by atoms with Crippen molar-refractivity contribution < 1.29 is 59.6 Å². The van der Waals surface area contributed by atoms with Crippen LogP contribution in [0.3, 0.4) is 0 Å². The van der Waals surface area contributed by atoms with Crippen LogP contribution in [-0.4, -0.2) is 99.2 Å². The second-order valence-corrected chi connectivity index (χ2v) is 10.1. The van der Waals surface area contributed by atoms with Crippen LogP contribution < -0.4 is 11.1 Å². The molecule has 16 nitrogen and oxygen atoms in total. The van der Waals surface area contributed by atoms with Gasteiger partial charge in [-0.25, -0.2) is 4.79 Å². The molecule has 224 valence electrons. The van der Waals surface area contributed by atoms with Crippen LogP contribution in [-0.2, 0) is 41.6 Å². The van der Waals surface area contributed by atoms with Gasteiger partial charge in [-0.3, -0.25) is 33.1 Å². The van der Waals surface area contributed by atoms with E-state index in [1.54, 1.807) is 0 Å². The average molecular weight is 602 g/mol. The first-order valence-corrected chi connectivity index (χ1v) is 14.4. The number of carboxylic acids is 2. The molecule has 1 aromatic carbocycles. The van der Waals surface area contributed by atoms with E-state index < -0.39 is 50.9 Å². The fourth-order valence-electron chi connectivity index (χ4n) is 3.73.